The van der Waals surface area contributed by atoms with E-state index in [1.807, 2.05) is 0 Å². The van der Waals surface area contributed by atoms with Gasteiger partial charge in [0.25, 0.3) is 17.7 Å². The maximum absolute atomic E-state index is 14.3. The van der Waals surface area contributed by atoms with Gasteiger partial charge in [-0.25, -0.2) is 15.2 Å². The molecule has 2 aliphatic rings. The van der Waals surface area contributed by atoms with E-state index in [0.29, 0.717) is 9.48 Å². The van der Waals surface area contributed by atoms with E-state index < -0.39 is 41.3 Å². The van der Waals surface area contributed by atoms with Gasteiger partial charge in [0.2, 0.25) is 5.91 Å². The van der Waals surface area contributed by atoms with Gasteiger partial charge in [-0.3, -0.25) is 24.1 Å². The SMILES string of the molecule is NN1C(=O)CC2(C1=O)C(=O)N(Cc1ccc(Br)cc1F)C(=O)c1ccccc12. The van der Waals surface area contributed by atoms with Crippen LogP contribution >= 0.6 is 15.9 Å². The van der Waals surface area contributed by atoms with Crippen molar-refractivity contribution >= 4 is 39.6 Å². The van der Waals surface area contributed by atoms with Crippen molar-refractivity contribution in [2.75, 3.05) is 0 Å². The summed E-state index contributed by atoms with van der Waals surface area (Å²) in [6.45, 7) is -0.376. The van der Waals surface area contributed by atoms with Crippen LogP contribution < -0.4 is 5.84 Å². The molecular formula is C19H13BrFN3O4. The first-order chi connectivity index (χ1) is 13.3. The first-order valence-corrected chi connectivity index (χ1v) is 9.08. The number of amides is 4. The Morgan fingerprint density at radius 3 is 2.43 bits per heavy atom. The summed E-state index contributed by atoms with van der Waals surface area (Å²) in [4.78, 5) is 52.0. The summed E-state index contributed by atoms with van der Waals surface area (Å²) >= 11 is 3.15. The van der Waals surface area contributed by atoms with E-state index in [1.165, 1.54) is 24.3 Å². The molecule has 2 aliphatic heterocycles. The highest BCUT2D eigenvalue weighted by atomic mass is 79.9. The second-order valence-electron chi connectivity index (χ2n) is 6.63. The molecule has 0 saturated carbocycles. The number of halogens is 2. The normalized spacial score (nSPS) is 21.7. The van der Waals surface area contributed by atoms with Crippen LogP contribution in [0.4, 0.5) is 4.39 Å². The van der Waals surface area contributed by atoms with Crippen molar-refractivity contribution in [1.29, 1.82) is 0 Å². The molecular weight excluding hydrogens is 433 g/mol. The average molecular weight is 446 g/mol. The standard InChI is InChI=1S/C19H13BrFN3O4/c20-11-6-5-10(14(21)7-11)9-23-16(26)12-3-1-2-4-13(12)19(17(23)27)8-15(25)24(22)18(19)28/h1-7H,8-9,22H2. The maximum atomic E-state index is 14.3. The minimum Gasteiger partial charge on any atom is -0.273 e. The summed E-state index contributed by atoms with van der Waals surface area (Å²) in [5.74, 6) is 1.75. The molecule has 2 heterocycles. The fourth-order valence-electron chi connectivity index (χ4n) is 3.67. The maximum Gasteiger partial charge on any atom is 0.264 e. The van der Waals surface area contributed by atoms with E-state index in [0.717, 1.165) is 4.90 Å². The van der Waals surface area contributed by atoms with Crippen molar-refractivity contribution in [2.24, 2.45) is 5.84 Å². The number of hydrazine groups is 1. The Morgan fingerprint density at radius 2 is 1.79 bits per heavy atom. The lowest BCUT2D eigenvalue weighted by atomic mass is 9.72. The van der Waals surface area contributed by atoms with Crippen molar-refractivity contribution in [2.45, 2.75) is 18.4 Å². The van der Waals surface area contributed by atoms with E-state index in [4.69, 9.17) is 5.84 Å². The largest absolute Gasteiger partial charge is 0.273 e. The molecule has 0 bridgehead atoms. The predicted molar refractivity (Wildman–Crippen MR) is 97.8 cm³/mol. The Bertz CT molecular complexity index is 1070. The van der Waals surface area contributed by atoms with E-state index in [-0.39, 0.29) is 23.2 Å². The molecule has 9 heteroatoms. The zero-order chi connectivity index (χ0) is 20.2. The molecule has 1 unspecified atom stereocenters. The van der Waals surface area contributed by atoms with Gasteiger partial charge in [0.1, 0.15) is 5.82 Å². The fourth-order valence-corrected chi connectivity index (χ4v) is 4.01. The van der Waals surface area contributed by atoms with Crippen LogP contribution in [0.1, 0.15) is 27.9 Å². The van der Waals surface area contributed by atoms with Crippen LogP contribution in [0.3, 0.4) is 0 Å². The number of hydrogen-bond acceptors (Lipinski definition) is 5. The molecule has 1 saturated heterocycles. The minimum atomic E-state index is -1.91. The van der Waals surface area contributed by atoms with Gasteiger partial charge in [-0.1, -0.05) is 40.2 Å². The highest BCUT2D eigenvalue weighted by Gasteiger charge is 2.62. The number of nitrogens with two attached hydrogens (primary N) is 1. The molecule has 2 aromatic carbocycles. The Hall–Kier alpha value is -2.91. The third-order valence-corrected chi connectivity index (χ3v) is 5.58. The van der Waals surface area contributed by atoms with E-state index in [1.54, 1.807) is 18.2 Å². The summed E-state index contributed by atoms with van der Waals surface area (Å²) < 4.78 is 14.8. The van der Waals surface area contributed by atoms with Crippen molar-refractivity contribution in [1.82, 2.24) is 9.91 Å². The Balaban J connectivity index is 1.87. The number of nitrogens with zero attached hydrogens (tertiary/aromatic N) is 2. The van der Waals surface area contributed by atoms with Gasteiger partial charge in [-0.2, -0.15) is 0 Å². The number of fused-ring (bicyclic) bond motifs is 2. The third-order valence-electron chi connectivity index (χ3n) is 5.09. The van der Waals surface area contributed by atoms with Crippen LogP contribution in [0, 0.1) is 5.82 Å². The van der Waals surface area contributed by atoms with Gasteiger partial charge < -0.3 is 0 Å². The molecule has 2 aromatic rings. The minimum absolute atomic E-state index is 0.0980. The smallest absolute Gasteiger partial charge is 0.264 e. The van der Waals surface area contributed by atoms with E-state index in [2.05, 4.69) is 15.9 Å². The summed E-state index contributed by atoms with van der Waals surface area (Å²) in [5.41, 5.74) is -1.57. The van der Waals surface area contributed by atoms with Gasteiger partial charge >= 0.3 is 0 Å². The number of hydrogen-bond donors (Lipinski definition) is 1. The monoisotopic (exact) mass is 445 g/mol. The van der Waals surface area contributed by atoms with Gasteiger partial charge in [0.05, 0.1) is 13.0 Å². The summed E-state index contributed by atoms with van der Waals surface area (Å²) in [6.07, 6.45) is -0.481. The van der Waals surface area contributed by atoms with Crippen LogP contribution in [-0.2, 0) is 26.3 Å². The molecule has 7 nitrogen and oxygen atoms in total. The number of carbonyl (C=O) groups excluding carboxylic acids is 4. The molecule has 0 aromatic heterocycles. The molecule has 1 spiro atoms. The second kappa shape index (κ2) is 6.32. The Morgan fingerprint density at radius 1 is 1.07 bits per heavy atom. The van der Waals surface area contributed by atoms with Gasteiger partial charge in [0.15, 0.2) is 5.41 Å². The van der Waals surface area contributed by atoms with E-state index >= 15 is 0 Å². The van der Waals surface area contributed by atoms with Crippen LogP contribution in [0.15, 0.2) is 46.9 Å². The van der Waals surface area contributed by atoms with Crippen LogP contribution in [0.5, 0.6) is 0 Å². The van der Waals surface area contributed by atoms with Crippen molar-refractivity contribution in [3.8, 4) is 0 Å². The van der Waals surface area contributed by atoms with Crippen molar-refractivity contribution in [3.63, 3.8) is 0 Å². The van der Waals surface area contributed by atoms with Crippen molar-refractivity contribution in [3.05, 3.63) is 69.4 Å². The lowest BCUT2D eigenvalue weighted by Crippen LogP contribution is -2.58. The molecule has 2 N–H and O–H groups in total. The second-order valence-corrected chi connectivity index (χ2v) is 7.54. The highest BCUT2D eigenvalue weighted by Crippen LogP contribution is 2.43. The number of imide groups is 2. The fraction of sp³-hybridized carbons (Fsp3) is 0.158. The van der Waals surface area contributed by atoms with Gasteiger partial charge in [0, 0.05) is 15.6 Å². The number of benzene rings is 2. The first-order valence-electron chi connectivity index (χ1n) is 8.29. The molecule has 4 rings (SSSR count). The number of rotatable bonds is 2. The summed E-state index contributed by atoms with van der Waals surface area (Å²) in [5, 5.41) is 0.406. The van der Waals surface area contributed by atoms with Crippen LogP contribution in [0.2, 0.25) is 0 Å². The summed E-state index contributed by atoms with van der Waals surface area (Å²) in [6, 6.07) is 10.3. The molecule has 28 heavy (non-hydrogen) atoms. The quantitative estimate of drug-likeness (QED) is 0.327. The average Bonchev–Trinajstić information content (AvgIpc) is 2.90. The zero-order valence-corrected chi connectivity index (χ0v) is 15.9. The lowest BCUT2D eigenvalue weighted by Gasteiger charge is -2.37. The highest BCUT2D eigenvalue weighted by molar-refractivity contribution is 9.10. The molecule has 142 valence electrons. The summed E-state index contributed by atoms with van der Waals surface area (Å²) in [7, 11) is 0. The topological polar surface area (TPSA) is 101 Å². The lowest BCUT2D eigenvalue weighted by molar-refractivity contribution is -0.146. The molecule has 0 aliphatic carbocycles. The van der Waals surface area contributed by atoms with E-state index in [9.17, 15) is 23.6 Å². The third kappa shape index (κ3) is 2.43. The molecule has 1 atom stereocenters. The molecule has 4 amide bonds. The Kier molecular flexibility index (Phi) is 4.16. The van der Waals surface area contributed by atoms with Gasteiger partial charge in [-0.05, 0) is 23.8 Å². The molecule has 1 fully saturated rings. The van der Waals surface area contributed by atoms with Crippen LogP contribution in [0.25, 0.3) is 0 Å². The van der Waals surface area contributed by atoms with Gasteiger partial charge in [-0.15, -0.1) is 0 Å². The zero-order valence-electron chi connectivity index (χ0n) is 14.3. The Labute approximate surface area is 167 Å². The predicted octanol–water partition coefficient (Wildman–Crippen LogP) is 1.64. The molecule has 0 radical (unpaired) electrons. The van der Waals surface area contributed by atoms with Crippen LogP contribution in [-0.4, -0.2) is 33.5 Å². The van der Waals surface area contributed by atoms with Crippen molar-refractivity contribution < 1.29 is 23.6 Å². The number of carbonyl (C=O) groups is 4. The first kappa shape index (κ1) is 18.5.